The Morgan fingerprint density at radius 2 is 2.14 bits per heavy atom. The van der Waals surface area contributed by atoms with Gasteiger partial charge in [-0.2, -0.15) is 0 Å². The Morgan fingerprint density at radius 3 is 2.76 bits per heavy atom. The maximum atomic E-state index is 5.33. The van der Waals surface area contributed by atoms with Crippen LogP contribution in [-0.2, 0) is 13.1 Å². The zero-order valence-electron chi connectivity index (χ0n) is 12.9. The van der Waals surface area contributed by atoms with Crippen LogP contribution in [0.5, 0.6) is 0 Å². The van der Waals surface area contributed by atoms with Crippen molar-refractivity contribution >= 4 is 5.95 Å². The second kappa shape index (κ2) is 5.85. The summed E-state index contributed by atoms with van der Waals surface area (Å²) in [6.45, 7) is 5.64. The number of nitrogens with zero attached hydrogens (tertiary/aromatic N) is 3. The van der Waals surface area contributed by atoms with E-state index in [4.69, 9.17) is 4.42 Å². The van der Waals surface area contributed by atoms with Crippen molar-refractivity contribution in [2.45, 2.75) is 45.8 Å². The summed E-state index contributed by atoms with van der Waals surface area (Å²) in [5, 5.41) is 3.50. The fraction of sp³-hybridized carbons (Fsp3) is 0.500. The van der Waals surface area contributed by atoms with Gasteiger partial charge in [0.1, 0.15) is 5.76 Å². The monoisotopic (exact) mass is 286 g/mol. The average molecular weight is 286 g/mol. The summed E-state index contributed by atoms with van der Waals surface area (Å²) in [5.74, 6) is 1.70. The van der Waals surface area contributed by atoms with Gasteiger partial charge in [0.05, 0.1) is 6.26 Å². The highest BCUT2D eigenvalue weighted by atomic mass is 16.3. The highest BCUT2D eigenvalue weighted by Gasteiger charge is 2.20. The minimum absolute atomic E-state index is 0.704. The zero-order valence-corrected chi connectivity index (χ0v) is 12.9. The summed E-state index contributed by atoms with van der Waals surface area (Å²) in [7, 11) is 2.00. The van der Waals surface area contributed by atoms with Crippen molar-refractivity contribution in [1.82, 2.24) is 15.3 Å². The van der Waals surface area contributed by atoms with Gasteiger partial charge in [-0.25, -0.2) is 9.97 Å². The van der Waals surface area contributed by atoms with Gasteiger partial charge >= 0.3 is 0 Å². The lowest BCUT2D eigenvalue weighted by atomic mass is 10.2. The van der Waals surface area contributed by atoms with Crippen LogP contribution in [0.4, 0.5) is 5.95 Å². The van der Waals surface area contributed by atoms with Crippen LogP contribution in [0.2, 0.25) is 0 Å². The predicted molar refractivity (Wildman–Crippen MR) is 82.2 cm³/mol. The number of furan rings is 1. The summed E-state index contributed by atoms with van der Waals surface area (Å²) in [6, 6.07) is 2.70. The predicted octanol–water partition coefficient (Wildman–Crippen LogP) is 2.57. The fourth-order valence-electron chi connectivity index (χ4n) is 2.28. The topological polar surface area (TPSA) is 54.2 Å². The minimum Gasteiger partial charge on any atom is -0.469 e. The largest absolute Gasteiger partial charge is 0.469 e. The molecule has 0 saturated heterocycles. The first-order valence-corrected chi connectivity index (χ1v) is 7.43. The third-order valence-corrected chi connectivity index (χ3v) is 3.94. The Labute approximate surface area is 125 Å². The van der Waals surface area contributed by atoms with E-state index in [0.29, 0.717) is 6.04 Å². The third-order valence-electron chi connectivity index (χ3n) is 3.94. The molecule has 1 aliphatic rings. The molecule has 3 rings (SSSR count). The van der Waals surface area contributed by atoms with Crippen molar-refractivity contribution in [2.75, 3.05) is 11.9 Å². The molecule has 0 radical (unpaired) electrons. The maximum Gasteiger partial charge on any atom is 0.225 e. The number of nitrogens with one attached hydrogen (secondary N) is 1. The fourth-order valence-corrected chi connectivity index (χ4v) is 2.28. The average Bonchev–Trinajstić information content (AvgIpc) is 3.21. The van der Waals surface area contributed by atoms with Crippen LogP contribution >= 0.6 is 0 Å². The molecular weight excluding hydrogens is 264 g/mol. The molecule has 112 valence electrons. The molecule has 5 heteroatoms. The molecule has 0 bridgehead atoms. The van der Waals surface area contributed by atoms with E-state index in [0.717, 1.165) is 30.5 Å². The molecule has 5 nitrogen and oxygen atoms in total. The van der Waals surface area contributed by atoms with Crippen molar-refractivity contribution < 1.29 is 4.42 Å². The Kier molecular flexibility index (Phi) is 3.92. The SMILES string of the molecule is Cc1nc(N(C)Cc2ccoc2C)ncc1CNC1CC1. The van der Waals surface area contributed by atoms with E-state index in [1.54, 1.807) is 6.26 Å². The van der Waals surface area contributed by atoms with Gasteiger partial charge in [-0.15, -0.1) is 0 Å². The summed E-state index contributed by atoms with van der Waals surface area (Å²) < 4.78 is 5.33. The summed E-state index contributed by atoms with van der Waals surface area (Å²) in [6.07, 6.45) is 6.25. The second-order valence-corrected chi connectivity index (χ2v) is 5.79. The quantitative estimate of drug-likeness (QED) is 0.884. The van der Waals surface area contributed by atoms with Crippen LogP contribution in [0.1, 0.15) is 35.4 Å². The third kappa shape index (κ3) is 3.42. The van der Waals surface area contributed by atoms with Crippen molar-refractivity contribution in [1.29, 1.82) is 0 Å². The molecular formula is C16H22N4O. The molecule has 2 heterocycles. The molecule has 1 fully saturated rings. The number of anilines is 1. The van der Waals surface area contributed by atoms with E-state index < -0.39 is 0 Å². The van der Waals surface area contributed by atoms with E-state index in [2.05, 4.69) is 15.3 Å². The van der Waals surface area contributed by atoms with Crippen LogP contribution in [0.3, 0.4) is 0 Å². The summed E-state index contributed by atoms with van der Waals surface area (Å²) in [4.78, 5) is 11.2. The van der Waals surface area contributed by atoms with Gasteiger partial charge in [0, 0.05) is 49.2 Å². The lowest BCUT2D eigenvalue weighted by molar-refractivity contribution is 0.529. The van der Waals surface area contributed by atoms with Gasteiger partial charge in [0.25, 0.3) is 0 Å². The molecule has 0 aliphatic heterocycles. The number of aryl methyl sites for hydroxylation is 2. The van der Waals surface area contributed by atoms with Crippen molar-refractivity contribution in [2.24, 2.45) is 0 Å². The Hall–Kier alpha value is -1.88. The molecule has 0 amide bonds. The minimum atomic E-state index is 0.704. The molecule has 1 saturated carbocycles. The first-order chi connectivity index (χ1) is 10.1. The smallest absolute Gasteiger partial charge is 0.225 e. The normalized spacial score (nSPS) is 14.4. The number of aromatic nitrogens is 2. The van der Waals surface area contributed by atoms with Crippen LogP contribution in [0.15, 0.2) is 22.9 Å². The van der Waals surface area contributed by atoms with Crippen LogP contribution in [0, 0.1) is 13.8 Å². The van der Waals surface area contributed by atoms with E-state index in [9.17, 15) is 0 Å². The lowest BCUT2D eigenvalue weighted by Gasteiger charge is -2.18. The zero-order chi connectivity index (χ0) is 14.8. The molecule has 0 unspecified atom stereocenters. The van der Waals surface area contributed by atoms with E-state index in [1.165, 1.54) is 24.0 Å². The Balaban J connectivity index is 1.66. The lowest BCUT2D eigenvalue weighted by Crippen LogP contribution is -2.21. The van der Waals surface area contributed by atoms with Crippen molar-refractivity contribution in [3.8, 4) is 0 Å². The molecule has 1 N–H and O–H groups in total. The molecule has 0 spiro atoms. The second-order valence-electron chi connectivity index (χ2n) is 5.79. The van der Waals surface area contributed by atoms with Crippen LogP contribution in [0.25, 0.3) is 0 Å². The van der Waals surface area contributed by atoms with Crippen LogP contribution < -0.4 is 10.2 Å². The maximum absolute atomic E-state index is 5.33. The standard InChI is InChI=1S/C16H22N4O/c1-11-14(8-17-15-4-5-15)9-18-16(19-11)20(3)10-13-6-7-21-12(13)2/h6-7,9,15,17H,4-5,8,10H2,1-3H3. The van der Waals surface area contributed by atoms with Crippen molar-refractivity contribution in [3.63, 3.8) is 0 Å². The Bertz CT molecular complexity index is 618. The van der Waals surface area contributed by atoms with Gasteiger partial charge in [0.2, 0.25) is 5.95 Å². The first-order valence-electron chi connectivity index (χ1n) is 7.43. The van der Waals surface area contributed by atoms with Crippen LogP contribution in [-0.4, -0.2) is 23.1 Å². The van der Waals surface area contributed by atoms with Gasteiger partial charge in [-0.3, -0.25) is 0 Å². The first kappa shape index (κ1) is 14.1. The molecule has 0 aromatic carbocycles. The van der Waals surface area contributed by atoms with E-state index >= 15 is 0 Å². The van der Waals surface area contributed by atoms with Gasteiger partial charge in [-0.1, -0.05) is 0 Å². The van der Waals surface area contributed by atoms with Gasteiger partial charge in [-0.05, 0) is 32.8 Å². The summed E-state index contributed by atoms with van der Waals surface area (Å²) in [5.41, 5.74) is 3.39. The van der Waals surface area contributed by atoms with Gasteiger partial charge in [0.15, 0.2) is 0 Å². The number of hydrogen-bond donors (Lipinski definition) is 1. The van der Waals surface area contributed by atoms with Gasteiger partial charge < -0.3 is 14.6 Å². The molecule has 2 aromatic rings. The molecule has 21 heavy (non-hydrogen) atoms. The highest BCUT2D eigenvalue weighted by molar-refractivity contribution is 5.34. The molecule has 2 aromatic heterocycles. The highest BCUT2D eigenvalue weighted by Crippen LogP contribution is 2.20. The Morgan fingerprint density at radius 1 is 1.33 bits per heavy atom. The van der Waals surface area contributed by atoms with E-state index in [1.807, 2.05) is 38.1 Å². The van der Waals surface area contributed by atoms with Crippen molar-refractivity contribution in [3.05, 3.63) is 41.1 Å². The molecule has 1 aliphatic carbocycles. The number of hydrogen-bond acceptors (Lipinski definition) is 5. The number of rotatable bonds is 6. The summed E-state index contributed by atoms with van der Waals surface area (Å²) >= 11 is 0. The van der Waals surface area contributed by atoms with E-state index in [-0.39, 0.29) is 0 Å². The molecule has 0 atom stereocenters.